The Bertz CT molecular complexity index is 430. The van der Waals surface area contributed by atoms with Gasteiger partial charge in [-0.2, -0.15) is 0 Å². The Morgan fingerprint density at radius 3 is 2.36 bits per heavy atom. The molecule has 2 N–H and O–H groups in total. The fourth-order valence-electron chi connectivity index (χ4n) is 8.20. The van der Waals surface area contributed by atoms with Gasteiger partial charge in [-0.05, 0) is 98.7 Å². The quantitative estimate of drug-likeness (QED) is 0.691. The zero-order valence-corrected chi connectivity index (χ0v) is 15.1. The summed E-state index contributed by atoms with van der Waals surface area (Å²) in [5.74, 6) is 4.90. The van der Waals surface area contributed by atoms with Gasteiger partial charge in [-0.25, -0.2) is 0 Å². The smallest absolute Gasteiger partial charge is 0.00440 e. The predicted octanol–water partition coefficient (Wildman–Crippen LogP) is 5.38. The van der Waals surface area contributed by atoms with Crippen LogP contribution in [-0.2, 0) is 0 Å². The third kappa shape index (κ3) is 2.00. The van der Waals surface area contributed by atoms with E-state index in [2.05, 4.69) is 20.8 Å². The first-order chi connectivity index (χ1) is 10.5. The second kappa shape index (κ2) is 5.23. The van der Waals surface area contributed by atoms with Gasteiger partial charge in [0.15, 0.2) is 0 Å². The lowest BCUT2D eigenvalue weighted by Crippen LogP contribution is -2.53. The molecule has 0 bridgehead atoms. The zero-order valence-electron chi connectivity index (χ0n) is 15.1. The lowest BCUT2D eigenvalue weighted by Gasteiger charge is -2.60. The van der Waals surface area contributed by atoms with Crippen LogP contribution in [0.25, 0.3) is 0 Å². The van der Waals surface area contributed by atoms with Crippen molar-refractivity contribution < 1.29 is 0 Å². The van der Waals surface area contributed by atoms with E-state index in [1.807, 2.05) is 0 Å². The third-order valence-corrected chi connectivity index (χ3v) is 9.29. The van der Waals surface area contributed by atoms with Crippen molar-refractivity contribution in [2.24, 2.45) is 46.2 Å². The van der Waals surface area contributed by atoms with Crippen LogP contribution in [0, 0.1) is 40.4 Å². The van der Waals surface area contributed by atoms with Crippen molar-refractivity contribution in [1.29, 1.82) is 0 Å². The van der Waals surface area contributed by atoms with Crippen LogP contribution in [0.3, 0.4) is 0 Å². The first-order valence-electron chi connectivity index (χ1n) is 10.2. The standard InChI is InChI=1S/C21H37N/c1-14(22)17-9-10-18-16-8-7-15-6-4-5-12-20(15,2)19(16)11-13-21(17,18)3/h14-19H,4-13,22H2,1-3H3/t14-,15?,16-,17+,18-,19-,20-,21+/m0/s1. The van der Waals surface area contributed by atoms with Crippen LogP contribution in [0.1, 0.15) is 85.0 Å². The third-order valence-electron chi connectivity index (χ3n) is 9.29. The molecule has 4 rings (SSSR count). The summed E-state index contributed by atoms with van der Waals surface area (Å²) in [6.45, 7) is 7.57. The van der Waals surface area contributed by atoms with Gasteiger partial charge in [-0.1, -0.05) is 26.7 Å². The highest BCUT2D eigenvalue weighted by molar-refractivity contribution is 5.09. The van der Waals surface area contributed by atoms with Crippen LogP contribution in [0.4, 0.5) is 0 Å². The lowest BCUT2D eigenvalue weighted by molar-refractivity contribution is -0.111. The molecule has 0 aromatic rings. The van der Waals surface area contributed by atoms with E-state index >= 15 is 0 Å². The number of rotatable bonds is 1. The zero-order chi connectivity index (χ0) is 15.5. The predicted molar refractivity (Wildman–Crippen MR) is 93.5 cm³/mol. The summed E-state index contributed by atoms with van der Waals surface area (Å²) >= 11 is 0. The molecule has 4 aliphatic rings. The molecule has 0 aromatic carbocycles. The van der Waals surface area contributed by atoms with Crippen molar-refractivity contribution in [1.82, 2.24) is 0 Å². The monoisotopic (exact) mass is 303 g/mol. The summed E-state index contributed by atoms with van der Waals surface area (Å²) in [4.78, 5) is 0. The largest absolute Gasteiger partial charge is 0.328 e. The van der Waals surface area contributed by atoms with Crippen molar-refractivity contribution in [3.63, 3.8) is 0 Å². The van der Waals surface area contributed by atoms with Gasteiger partial charge >= 0.3 is 0 Å². The minimum absolute atomic E-state index is 0.396. The minimum Gasteiger partial charge on any atom is -0.328 e. The highest BCUT2D eigenvalue weighted by atomic mass is 14.7. The van der Waals surface area contributed by atoms with Crippen LogP contribution >= 0.6 is 0 Å². The molecule has 0 amide bonds. The van der Waals surface area contributed by atoms with Crippen molar-refractivity contribution in [2.45, 2.75) is 91.0 Å². The molecule has 1 heteroatoms. The first-order valence-corrected chi connectivity index (χ1v) is 10.2. The Labute approximate surface area is 137 Å². The maximum atomic E-state index is 6.39. The summed E-state index contributed by atoms with van der Waals surface area (Å²) in [5.41, 5.74) is 7.64. The molecular formula is C21H37N. The molecule has 4 aliphatic carbocycles. The maximum Gasteiger partial charge on any atom is 0.00440 e. The average Bonchev–Trinajstić information content (AvgIpc) is 2.84. The summed E-state index contributed by atoms with van der Waals surface area (Å²) in [5, 5.41) is 0. The van der Waals surface area contributed by atoms with Gasteiger partial charge in [-0.15, -0.1) is 0 Å². The van der Waals surface area contributed by atoms with Crippen molar-refractivity contribution in [3.05, 3.63) is 0 Å². The average molecular weight is 304 g/mol. The molecule has 1 unspecified atom stereocenters. The summed E-state index contributed by atoms with van der Waals surface area (Å²) < 4.78 is 0. The lowest BCUT2D eigenvalue weighted by atomic mass is 9.44. The Kier molecular flexibility index (Phi) is 3.68. The SMILES string of the molecule is C[C@H](N)[C@H]1CC[C@H]2[C@@H]3CCC4CCCC[C@]4(C)[C@H]3CC[C@]12C. The molecule has 0 aliphatic heterocycles. The van der Waals surface area contributed by atoms with Crippen LogP contribution in [0.15, 0.2) is 0 Å². The van der Waals surface area contributed by atoms with Crippen LogP contribution in [-0.4, -0.2) is 6.04 Å². The molecular weight excluding hydrogens is 266 g/mol. The van der Waals surface area contributed by atoms with Crippen LogP contribution in [0.5, 0.6) is 0 Å². The molecule has 0 aromatic heterocycles. The topological polar surface area (TPSA) is 26.0 Å². The number of nitrogens with two attached hydrogens (primary N) is 1. The van der Waals surface area contributed by atoms with E-state index in [0.29, 0.717) is 16.9 Å². The van der Waals surface area contributed by atoms with E-state index in [0.717, 1.165) is 29.6 Å². The molecule has 0 heterocycles. The minimum atomic E-state index is 0.396. The molecule has 1 nitrogen and oxygen atoms in total. The highest BCUT2D eigenvalue weighted by Gasteiger charge is 2.59. The van der Waals surface area contributed by atoms with E-state index in [-0.39, 0.29) is 0 Å². The van der Waals surface area contributed by atoms with Crippen molar-refractivity contribution in [2.75, 3.05) is 0 Å². The van der Waals surface area contributed by atoms with Crippen LogP contribution in [0.2, 0.25) is 0 Å². The molecule has 0 spiro atoms. The Balaban J connectivity index is 1.62. The number of hydrogen-bond donors (Lipinski definition) is 1. The van der Waals surface area contributed by atoms with Gasteiger partial charge in [0.25, 0.3) is 0 Å². The number of hydrogen-bond acceptors (Lipinski definition) is 1. The molecule has 4 saturated carbocycles. The Hall–Kier alpha value is -0.0400. The summed E-state index contributed by atoms with van der Waals surface area (Å²) in [7, 11) is 0. The van der Waals surface area contributed by atoms with Gasteiger partial charge in [0.05, 0.1) is 0 Å². The maximum absolute atomic E-state index is 6.39. The van der Waals surface area contributed by atoms with E-state index in [1.54, 1.807) is 0 Å². The van der Waals surface area contributed by atoms with Gasteiger partial charge in [0, 0.05) is 6.04 Å². The Morgan fingerprint density at radius 2 is 1.59 bits per heavy atom. The molecule has 126 valence electrons. The number of fused-ring (bicyclic) bond motifs is 5. The Morgan fingerprint density at radius 1 is 0.818 bits per heavy atom. The van der Waals surface area contributed by atoms with Gasteiger partial charge in [0.2, 0.25) is 0 Å². The molecule has 0 radical (unpaired) electrons. The van der Waals surface area contributed by atoms with E-state index in [4.69, 9.17) is 5.73 Å². The summed E-state index contributed by atoms with van der Waals surface area (Å²) in [6, 6.07) is 0.396. The van der Waals surface area contributed by atoms with Gasteiger partial charge in [-0.3, -0.25) is 0 Å². The fourth-order valence-corrected chi connectivity index (χ4v) is 8.20. The van der Waals surface area contributed by atoms with Crippen LogP contribution < -0.4 is 5.73 Å². The van der Waals surface area contributed by atoms with Crippen molar-refractivity contribution >= 4 is 0 Å². The van der Waals surface area contributed by atoms with E-state index in [9.17, 15) is 0 Å². The molecule has 0 saturated heterocycles. The van der Waals surface area contributed by atoms with Crippen molar-refractivity contribution in [3.8, 4) is 0 Å². The van der Waals surface area contributed by atoms with E-state index < -0.39 is 0 Å². The first kappa shape index (κ1) is 15.5. The fraction of sp³-hybridized carbons (Fsp3) is 1.00. The molecule has 22 heavy (non-hydrogen) atoms. The van der Waals surface area contributed by atoms with E-state index in [1.165, 1.54) is 64.2 Å². The molecule has 4 fully saturated rings. The summed E-state index contributed by atoms with van der Waals surface area (Å²) in [6.07, 6.45) is 15.0. The second-order valence-corrected chi connectivity index (χ2v) is 9.99. The van der Waals surface area contributed by atoms with Gasteiger partial charge < -0.3 is 5.73 Å². The second-order valence-electron chi connectivity index (χ2n) is 9.99. The highest BCUT2D eigenvalue weighted by Crippen LogP contribution is 2.67. The normalized spacial score (nSPS) is 55.9. The molecule has 8 atom stereocenters. The van der Waals surface area contributed by atoms with Gasteiger partial charge in [0.1, 0.15) is 0 Å².